The number of carboxylic acids is 1. The molecule has 0 saturated heterocycles. The van der Waals surface area contributed by atoms with Gasteiger partial charge in [-0.1, -0.05) is 27.2 Å². The van der Waals surface area contributed by atoms with Gasteiger partial charge in [0.05, 0.1) is 5.92 Å². The zero-order valence-electron chi connectivity index (χ0n) is 13.2. The number of carboxylic acid groups (broad SMARTS) is 1. The van der Waals surface area contributed by atoms with E-state index in [9.17, 15) is 14.4 Å². The highest BCUT2D eigenvalue weighted by Gasteiger charge is 2.33. The van der Waals surface area contributed by atoms with Crippen molar-refractivity contribution >= 4 is 17.8 Å². The number of carbonyl (C=O) groups is 3. The molecular weight excluding hydrogens is 272 g/mol. The van der Waals surface area contributed by atoms with Gasteiger partial charge in [0.25, 0.3) is 0 Å². The van der Waals surface area contributed by atoms with Gasteiger partial charge in [0, 0.05) is 12.0 Å². The van der Waals surface area contributed by atoms with Crippen LogP contribution >= 0.6 is 0 Å². The molecule has 0 heterocycles. The van der Waals surface area contributed by atoms with Crippen LogP contribution in [-0.4, -0.2) is 35.5 Å². The second-order valence-corrected chi connectivity index (χ2v) is 6.83. The minimum absolute atomic E-state index is 0.0167. The van der Waals surface area contributed by atoms with Crippen molar-refractivity contribution < 1.29 is 19.5 Å². The standard InChI is InChI=1S/C15H26N2O4/c1-9(17-14(21)15(2,3)4)12(18)16-8-10-6-5-7-11(10)13(19)20/h9-11H,5-8H2,1-4H3,(H,16,18)(H,17,21)(H,19,20). The van der Waals surface area contributed by atoms with Crippen molar-refractivity contribution in [2.75, 3.05) is 6.54 Å². The summed E-state index contributed by atoms with van der Waals surface area (Å²) in [5.74, 6) is -1.64. The summed E-state index contributed by atoms with van der Waals surface area (Å²) in [5.41, 5.74) is -0.547. The van der Waals surface area contributed by atoms with Crippen LogP contribution in [0.4, 0.5) is 0 Å². The molecule has 3 N–H and O–H groups in total. The van der Waals surface area contributed by atoms with E-state index < -0.39 is 17.4 Å². The molecule has 6 heteroatoms. The Kier molecular flexibility index (Phi) is 5.75. The molecule has 1 saturated carbocycles. The van der Waals surface area contributed by atoms with Gasteiger partial charge in [0.1, 0.15) is 6.04 Å². The molecule has 3 atom stereocenters. The van der Waals surface area contributed by atoms with Crippen molar-refractivity contribution in [3.05, 3.63) is 0 Å². The Hall–Kier alpha value is -1.59. The first-order chi connectivity index (χ1) is 9.62. The van der Waals surface area contributed by atoms with Crippen LogP contribution in [0.1, 0.15) is 47.0 Å². The van der Waals surface area contributed by atoms with E-state index in [1.807, 2.05) is 0 Å². The Labute approximate surface area is 125 Å². The van der Waals surface area contributed by atoms with Crippen molar-refractivity contribution in [3.63, 3.8) is 0 Å². The first-order valence-electron chi connectivity index (χ1n) is 7.44. The first-order valence-corrected chi connectivity index (χ1v) is 7.44. The normalized spacial score (nSPS) is 23.4. The molecule has 1 aliphatic rings. The second kappa shape index (κ2) is 6.91. The van der Waals surface area contributed by atoms with Crippen LogP contribution in [0.25, 0.3) is 0 Å². The van der Waals surface area contributed by atoms with Crippen LogP contribution in [0.15, 0.2) is 0 Å². The number of carbonyl (C=O) groups excluding carboxylic acids is 2. The third kappa shape index (κ3) is 5.02. The van der Waals surface area contributed by atoms with Crippen molar-refractivity contribution in [3.8, 4) is 0 Å². The lowest BCUT2D eigenvalue weighted by Gasteiger charge is -2.22. The summed E-state index contributed by atoms with van der Waals surface area (Å²) < 4.78 is 0. The average Bonchev–Trinajstić information content (AvgIpc) is 2.82. The fraction of sp³-hybridized carbons (Fsp3) is 0.800. The Bertz CT molecular complexity index is 414. The molecule has 0 spiro atoms. The molecule has 1 rings (SSSR count). The number of hydrogen-bond donors (Lipinski definition) is 3. The maximum Gasteiger partial charge on any atom is 0.306 e. The van der Waals surface area contributed by atoms with Crippen molar-refractivity contribution in [2.45, 2.75) is 53.0 Å². The monoisotopic (exact) mass is 298 g/mol. The second-order valence-electron chi connectivity index (χ2n) is 6.83. The minimum atomic E-state index is -0.791. The smallest absolute Gasteiger partial charge is 0.306 e. The van der Waals surface area contributed by atoms with Gasteiger partial charge < -0.3 is 15.7 Å². The summed E-state index contributed by atoms with van der Waals surface area (Å²) in [6.07, 6.45) is 2.37. The quantitative estimate of drug-likeness (QED) is 0.709. The molecular formula is C15H26N2O4. The van der Waals surface area contributed by atoms with Crippen LogP contribution in [0.2, 0.25) is 0 Å². The highest BCUT2D eigenvalue weighted by atomic mass is 16.4. The lowest BCUT2D eigenvalue weighted by molar-refractivity contribution is -0.143. The van der Waals surface area contributed by atoms with E-state index in [-0.39, 0.29) is 23.7 Å². The van der Waals surface area contributed by atoms with Crippen molar-refractivity contribution in [1.82, 2.24) is 10.6 Å². The maximum absolute atomic E-state index is 12.0. The summed E-state index contributed by atoms with van der Waals surface area (Å²) in [5, 5.41) is 14.5. The predicted octanol–water partition coefficient (Wildman–Crippen LogP) is 1.15. The number of amides is 2. The van der Waals surface area contributed by atoms with Crippen molar-refractivity contribution in [1.29, 1.82) is 0 Å². The van der Waals surface area contributed by atoms with E-state index in [2.05, 4.69) is 10.6 Å². The van der Waals surface area contributed by atoms with E-state index in [1.165, 1.54) is 0 Å². The van der Waals surface area contributed by atoms with Gasteiger partial charge in [0.15, 0.2) is 0 Å². The van der Waals surface area contributed by atoms with Crippen LogP contribution in [-0.2, 0) is 14.4 Å². The fourth-order valence-corrected chi connectivity index (χ4v) is 2.47. The summed E-state index contributed by atoms with van der Waals surface area (Å²) in [6.45, 7) is 7.32. The largest absolute Gasteiger partial charge is 0.481 e. The molecule has 0 aromatic rings. The average molecular weight is 298 g/mol. The molecule has 0 aliphatic heterocycles. The fourth-order valence-electron chi connectivity index (χ4n) is 2.47. The lowest BCUT2D eigenvalue weighted by Crippen LogP contribution is -2.49. The Morgan fingerprint density at radius 2 is 1.86 bits per heavy atom. The van der Waals surface area contributed by atoms with Crippen LogP contribution in [0.5, 0.6) is 0 Å². The summed E-state index contributed by atoms with van der Waals surface area (Å²) >= 11 is 0. The minimum Gasteiger partial charge on any atom is -0.481 e. The third-order valence-corrected chi connectivity index (χ3v) is 3.94. The zero-order valence-corrected chi connectivity index (χ0v) is 13.2. The van der Waals surface area contributed by atoms with E-state index in [4.69, 9.17) is 5.11 Å². The summed E-state index contributed by atoms with van der Waals surface area (Å²) in [7, 11) is 0. The molecule has 1 fully saturated rings. The van der Waals surface area contributed by atoms with Gasteiger partial charge in [-0.2, -0.15) is 0 Å². The molecule has 1 aliphatic carbocycles. The van der Waals surface area contributed by atoms with Gasteiger partial charge in [-0.25, -0.2) is 0 Å². The molecule has 21 heavy (non-hydrogen) atoms. The number of nitrogens with one attached hydrogen (secondary N) is 2. The number of rotatable bonds is 5. The highest BCUT2D eigenvalue weighted by molar-refractivity contribution is 5.89. The molecule has 0 bridgehead atoms. The maximum atomic E-state index is 12.0. The number of aliphatic carboxylic acids is 1. The number of hydrogen-bond acceptors (Lipinski definition) is 3. The molecule has 120 valence electrons. The Morgan fingerprint density at radius 3 is 2.38 bits per heavy atom. The van der Waals surface area contributed by atoms with Gasteiger partial charge in [-0.15, -0.1) is 0 Å². The van der Waals surface area contributed by atoms with Gasteiger partial charge in [-0.05, 0) is 25.7 Å². The lowest BCUT2D eigenvalue weighted by atomic mass is 9.95. The molecule has 2 amide bonds. The molecule has 0 aromatic carbocycles. The predicted molar refractivity (Wildman–Crippen MR) is 78.5 cm³/mol. The molecule has 0 radical (unpaired) electrons. The third-order valence-electron chi connectivity index (χ3n) is 3.94. The van der Waals surface area contributed by atoms with Crippen LogP contribution in [0.3, 0.4) is 0 Å². The van der Waals surface area contributed by atoms with E-state index in [0.717, 1.165) is 12.8 Å². The van der Waals surface area contributed by atoms with E-state index >= 15 is 0 Å². The van der Waals surface area contributed by atoms with Gasteiger partial charge >= 0.3 is 5.97 Å². The Balaban J connectivity index is 2.43. The van der Waals surface area contributed by atoms with E-state index in [0.29, 0.717) is 13.0 Å². The topological polar surface area (TPSA) is 95.5 Å². The summed E-state index contributed by atoms with van der Waals surface area (Å²) in [6, 6.07) is -0.624. The van der Waals surface area contributed by atoms with Crippen molar-refractivity contribution in [2.24, 2.45) is 17.3 Å². The SMILES string of the molecule is CC(NC(=O)C(C)(C)C)C(=O)NCC1CCCC1C(=O)O. The van der Waals surface area contributed by atoms with Gasteiger partial charge in [-0.3, -0.25) is 14.4 Å². The zero-order chi connectivity index (χ0) is 16.2. The van der Waals surface area contributed by atoms with Gasteiger partial charge in [0.2, 0.25) is 11.8 Å². The summed E-state index contributed by atoms with van der Waals surface area (Å²) in [4.78, 5) is 34.9. The molecule has 3 unspecified atom stereocenters. The molecule has 0 aromatic heterocycles. The van der Waals surface area contributed by atoms with Crippen LogP contribution in [0, 0.1) is 17.3 Å². The van der Waals surface area contributed by atoms with Crippen LogP contribution < -0.4 is 10.6 Å². The highest BCUT2D eigenvalue weighted by Crippen LogP contribution is 2.31. The molecule has 6 nitrogen and oxygen atoms in total. The Morgan fingerprint density at radius 1 is 1.24 bits per heavy atom. The first kappa shape index (κ1) is 17.5. The van der Waals surface area contributed by atoms with E-state index in [1.54, 1.807) is 27.7 Å².